The lowest BCUT2D eigenvalue weighted by Gasteiger charge is -2.20. The molecule has 0 aliphatic heterocycles. The van der Waals surface area contributed by atoms with Gasteiger partial charge in [0.25, 0.3) is 0 Å². The highest BCUT2D eigenvalue weighted by Gasteiger charge is 2.50. The highest BCUT2D eigenvalue weighted by molar-refractivity contribution is 5.88. The number of rotatable bonds is 2. The molecule has 14 heavy (non-hydrogen) atoms. The second-order valence-electron chi connectivity index (χ2n) is 4.14. The quantitative estimate of drug-likeness (QED) is 0.709. The van der Waals surface area contributed by atoms with Crippen LogP contribution in [0.5, 0.6) is 0 Å². The lowest BCUT2D eigenvalue weighted by molar-refractivity contribution is -0.120. The van der Waals surface area contributed by atoms with E-state index in [0.717, 1.165) is 18.4 Å². The zero-order chi connectivity index (χ0) is 10.3. The van der Waals surface area contributed by atoms with E-state index in [9.17, 15) is 15.0 Å². The first kappa shape index (κ1) is 9.31. The Bertz CT molecular complexity index is 346. The molecular formula is C11H14O3. The fraction of sp³-hybridized carbons (Fsp3) is 0.545. The fourth-order valence-corrected chi connectivity index (χ4v) is 2.10. The summed E-state index contributed by atoms with van der Waals surface area (Å²) in [4.78, 5) is 11.4. The summed E-state index contributed by atoms with van der Waals surface area (Å²) in [6, 6.07) is 0. The second-order valence-corrected chi connectivity index (χ2v) is 4.14. The Morgan fingerprint density at radius 3 is 2.43 bits per heavy atom. The maximum absolute atomic E-state index is 11.4. The average molecular weight is 194 g/mol. The smallest absolute Gasteiger partial charge is 0.152 e. The minimum atomic E-state index is -0.297. The maximum atomic E-state index is 11.4. The molecule has 76 valence electrons. The van der Waals surface area contributed by atoms with Gasteiger partial charge in [0, 0.05) is 6.42 Å². The predicted octanol–water partition coefficient (Wildman–Crippen LogP) is 2.40. The average Bonchev–Trinajstić information content (AvgIpc) is 2.90. The first-order valence-electron chi connectivity index (χ1n) is 4.89. The normalized spacial score (nSPS) is 24.5. The summed E-state index contributed by atoms with van der Waals surface area (Å²) in [6.45, 7) is 1.60. The number of aliphatic hydroxyl groups excluding tert-OH is 2. The van der Waals surface area contributed by atoms with Crippen molar-refractivity contribution in [2.24, 2.45) is 5.41 Å². The number of Topliss-reactive ketones (excluding diaryl/α,β-unsaturated/α-hetero) is 1. The topological polar surface area (TPSA) is 57.5 Å². The lowest BCUT2D eigenvalue weighted by atomic mass is 9.85. The van der Waals surface area contributed by atoms with Gasteiger partial charge in [-0.1, -0.05) is 5.57 Å². The van der Waals surface area contributed by atoms with Gasteiger partial charge in [0.05, 0.1) is 5.41 Å². The van der Waals surface area contributed by atoms with E-state index >= 15 is 0 Å². The minimum absolute atomic E-state index is 0.0353. The largest absolute Gasteiger partial charge is 0.508 e. The van der Waals surface area contributed by atoms with Crippen LogP contribution in [0.3, 0.4) is 0 Å². The molecule has 1 saturated carbocycles. The second kappa shape index (κ2) is 2.87. The predicted molar refractivity (Wildman–Crippen MR) is 51.9 cm³/mol. The molecule has 0 aromatic carbocycles. The zero-order valence-electron chi connectivity index (χ0n) is 8.21. The number of hydrogen-bond acceptors (Lipinski definition) is 3. The lowest BCUT2D eigenvalue weighted by Crippen LogP contribution is -2.17. The Morgan fingerprint density at radius 1 is 1.36 bits per heavy atom. The summed E-state index contributed by atoms with van der Waals surface area (Å²) in [6.07, 6.45) is 4.49. The van der Waals surface area contributed by atoms with E-state index < -0.39 is 0 Å². The number of hydrogen-bond donors (Lipinski definition) is 2. The van der Waals surface area contributed by atoms with Crippen LogP contribution in [0.2, 0.25) is 0 Å². The molecule has 2 aliphatic carbocycles. The summed E-state index contributed by atoms with van der Waals surface area (Å²) >= 11 is 0. The van der Waals surface area contributed by atoms with Crippen LogP contribution >= 0.6 is 0 Å². The summed E-state index contributed by atoms with van der Waals surface area (Å²) in [5.41, 5.74) is 0.689. The van der Waals surface area contributed by atoms with Gasteiger partial charge < -0.3 is 10.2 Å². The van der Waals surface area contributed by atoms with Crippen molar-refractivity contribution in [3.63, 3.8) is 0 Å². The molecule has 0 amide bonds. The molecule has 0 unspecified atom stereocenters. The molecule has 0 heterocycles. The Hall–Kier alpha value is -1.25. The van der Waals surface area contributed by atoms with Crippen LogP contribution in [0.4, 0.5) is 0 Å². The Balaban J connectivity index is 2.29. The third-order valence-corrected chi connectivity index (χ3v) is 3.28. The molecule has 3 heteroatoms. The molecule has 0 saturated heterocycles. The van der Waals surface area contributed by atoms with Gasteiger partial charge in [-0.05, 0) is 32.3 Å². The van der Waals surface area contributed by atoms with E-state index in [1.54, 1.807) is 13.0 Å². The van der Waals surface area contributed by atoms with Gasteiger partial charge in [-0.15, -0.1) is 0 Å². The van der Waals surface area contributed by atoms with Crippen LogP contribution in [0.1, 0.15) is 32.6 Å². The van der Waals surface area contributed by atoms with Crippen molar-refractivity contribution in [1.82, 2.24) is 0 Å². The van der Waals surface area contributed by atoms with Crippen LogP contribution in [0.25, 0.3) is 0 Å². The number of allylic oxidation sites excluding steroid dienone is 3. The molecule has 0 aromatic heterocycles. The van der Waals surface area contributed by atoms with Crippen LogP contribution in [-0.4, -0.2) is 16.0 Å². The van der Waals surface area contributed by atoms with Crippen molar-refractivity contribution in [3.8, 4) is 0 Å². The summed E-state index contributed by atoms with van der Waals surface area (Å²) in [5, 5.41) is 18.6. The number of carbonyl (C=O) groups excluding carboxylic acids is 1. The summed E-state index contributed by atoms with van der Waals surface area (Å²) in [5.74, 6) is 0.143. The molecule has 2 rings (SSSR count). The number of carbonyl (C=O) groups is 1. The van der Waals surface area contributed by atoms with Gasteiger partial charge in [0.1, 0.15) is 11.5 Å². The third-order valence-electron chi connectivity index (χ3n) is 3.28. The first-order valence-corrected chi connectivity index (χ1v) is 4.89. The van der Waals surface area contributed by atoms with Gasteiger partial charge in [-0.2, -0.15) is 0 Å². The zero-order valence-corrected chi connectivity index (χ0v) is 8.21. The van der Waals surface area contributed by atoms with Crippen molar-refractivity contribution in [2.75, 3.05) is 0 Å². The van der Waals surface area contributed by atoms with Crippen LogP contribution in [-0.2, 0) is 4.79 Å². The van der Waals surface area contributed by atoms with Crippen LogP contribution < -0.4 is 0 Å². The summed E-state index contributed by atoms with van der Waals surface area (Å²) in [7, 11) is 0. The van der Waals surface area contributed by atoms with E-state index in [1.165, 1.54) is 0 Å². The molecule has 0 atom stereocenters. The van der Waals surface area contributed by atoms with Crippen molar-refractivity contribution in [3.05, 3.63) is 23.2 Å². The molecule has 2 aliphatic rings. The van der Waals surface area contributed by atoms with Crippen molar-refractivity contribution in [1.29, 1.82) is 0 Å². The Kier molecular flexibility index (Phi) is 1.91. The molecule has 0 radical (unpaired) electrons. The van der Waals surface area contributed by atoms with Crippen LogP contribution in [0.15, 0.2) is 23.2 Å². The summed E-state index contributed by atoms with van der Waals surface area (Å²) < 4.78 is 0. The Morgan fingerprint density at radius 2 is 2.00 bits per heavy atom. The van der Waals surface area contributed by atoms with Crippen molar-refractivity contribution >= 4 is 5.78 Å². The van der Waals surface area contributed by atoms with Crippen molar-refractivity contribution < 1.29 is 15.0 Å². The third kappa shape index (κ3) is 1.24. The standard InChI is InChI=1S/C11H14O3/c1-7(12)11(4-5-11)8-2-3-9(13)10(14)6-8/h6,13-14H,2-5H2,1H3. The number of ketones is 1. The molecule has 1 fully saturated rings. The van der Waals surface area contributed by atoms with Crippen LogP contribution in [0, 0.1) is 5.41 Å². The van der Waals surface area contributed by atoms with Gasteiger partial charge >= 0.3 is 0 Å². The Labute approximate surface area is 82.7 Å². The molecule has 2 N–H and O–H groups in total. The fourth-order valence-electron chi connectivity index (χ4n) is 2.10. The van der Waals surface area contributed by atoms with Crippen molar-refractivity contribution in [2.45, 2.75) is 32.6 Å². The van der Waals surface area contributed by atoms with E-state index in [0.29, 0.717) is 12.8 Å². The first-order chi connectivity index (χ1) is 6.56. The van der Waals surface area contributed by atoms with E-state index in [4.69, 9.17) is 0 Å². The molecule has 0 bridgehead atoms. The SMILES string of the molecule is CC(=O)C1(C2=CC(O)=C(O)CC2)CC1. The van der Waals surface area contributed by atoms with E-state index in [-0.39, 0.29) is 22.7 Å². The molecular weight excluding hydrogens is 180 g/mol. The molecule has 0 aromatic rings. The van der Waals surface area contributed by atoms with E-state index in [1.807, 2.05) is 0 Å². The number of aliphatic hydroxyl groups is 2. The monoisotopic (exact) mass is 194 g/mol. The van der Waals surface area contributed by atoms with Gasteiger partial charge in [-0.3, -0.25) is 4.79 Å². The molecule has 3 nitrogen and oxygen atoms in total. The highest BCUT2D eigenvalue weighted by Crippen LogP contribution is 2.55. The molecule has 0 spiro atoms. The van der Waals surface area contributed by atoms with Gasteiger partial charge in [0.2, 0.25) is 0 Å². The van der Waals surface area contributed by atoms with Gasteiger partial charge in [-0.25, -0.2) is 0 Å². The highest BCUT2D eigenvalue weighted by atomic mass is 16.3. The van der Waals surface area contributed by atoms with Gasteiger partial charge in [0.15, 0.2) is 5.76 Å². The minimum Gasteiger partial charge on any atom is -0.508 e. The maximum Gasteiger partial charge on any atom is 0.152 e. The van der Waals surface area contributed by atoms with E-state index in [2.05, 4.69) is 0 Å².